The van der Waals surface area contributed by atoms with Crippen LogP contribution in [0.2, 0.25) is 0 Å². The molecule has 0 spiro atoms. The average Bonchev–Trinajstić information content (AvgIpc) is 3.17. The van der Waals surface area contributed by atoms with Gasteiger partial charge < -0.3 is 19.9 Å². The van der Waals surface area contributed by atoms with Crippen molar-refractivity contribution in [2.45, 2.75) is 62.0 Å². The van der Waals surface area contributed by atoms with Crippen LogP contribution in [-0.2, 0) is 16.0 Å². The number of anilines is 1. The Labute approximate surface area is 173 Å². The summed E-state index contributed by atoms with van der Waals surface area (Å²) in [4.78, 5) is 16.2. The van der Waals surface area contributed by atoms with E-state index in [1.54, 1.807) is 34.6 Å². The molecule has 2 heterocycles. The Morgan fingerprint density at radius 2 is 1.90 bits per heavy atom. The van der Waals surface area contributed by atoms with Gasteiger partial charge in [-0.25, -0.2) is 4.79 Å². The lowest BCUT2D eigenvalue weighted by molar-refractivity contribution is -0.115. The van der Waals surface area contributed by atoms with E-state index in [-0.39, 0.29) is 22.6 Å². The molecule has 0 bridgehead atoms. The predicted molar refractivity (Wildman–Crippen MR) is 101 cm³/mol. The third kappa shape index (κ3) is 8.04. The molecule has 2 N–H and O–H groups in total. The van der Waals surface area contributed by atoms with Gasteiger partial charge in [-0.05, 0) is 34.6 Å². The summed E-state index contributed by atoms with van der Waals surface area (Å²) in [5, 5.41) is 16.2. The molecule has 2 aromatic rings. The first-order chi connectivity index (χ1) is 13.2. The zero-order valence-corrected chi connectivity index (χ0v) is 18.0. The molecule has 0 atom stereocenters. The molecule has 29 heavy (non-hydrogen) atoms. The van der Waals surface area contributed by atoms with Gasteiger partial charge in [0.15, 0.2) is 10.2 Å². The molecule has 0 aliphatic rings. The van der Waals surface area contributed by atoms with Crippen molar-refractivity contribution in [1.82, 2.24) is 25.7 Å². The van der Waals surface area contributed by atoms with E-state index in [0.29, 0.717) is 4.34 Å². The van der Waals surface area contributed by atoms with Crippen molar-refractivity contribution in [3.05, 3.63) is 11.7 Å². The molecular formula is C15H21F3N6O3S2. The molecule has 162 valence electrons. The number of halogens is 3. The van der Waals surface area contributed by atoms with Crippen LogP contribution in [0.5, 0.6) is 0 Å². The van der Waals surface area contributed by atoms with Crippen molar-refractivity contribution >= 4 is 34.3 Å². The first kappa shape index (κ1) is 23.2. The van der Waals surface area contributed by atoms with Gasteiger partial charge in [0.2, 0.25) is 11.0 Å². The minimum atomic E-state index is -4.33. The standard InChI is InChI=1S/C15H21F3N6O3S2/c1-13(2,3)26-11(25)21-14(4,5)9-20-8(27-24-9)6-28-12-23-22-10(29-12)19-7-15(16,17)18/h6-7H2,1-5H3,(H,19,22)(H,21,25). The van der Waals surface area contributed by atoms with Gasteiger partial charge in [-0.3, -0.25) is 0 Å². The van der Waals surface area contributed by atoms with Crippen LogP contribution in [0.3, 0.4) is 0 Å². The van der Waals surface area contributed by atoms with Gasteiger partial charge in [-0.1, -0.05) is 28.3 Å². The van der Waals surface area contributed by atoms with E-state index in [1.807, 2.05) is 0 Å². The maximum atomic E-state index is 12.2. The number of alkyl halides is 3. The number of amides is 1. The summed E-state index contributed by atoms with van der Waals surface area (Å²) in [6.45, 7) is 7.46. The SMILES string of the molecule is CC(C)(C)OC(=O)NC(C)(C)c1noc(CSc2nnc(NCC(F)(F)F)s2)n1. The normalized spacial score (nSPS) is 12.7. The molecule has 2 aromatic heterocycles. The average molecular weight is 455 g/mol. The van der Waals surface area contributed by atoms with Crippen LogP contribution in [0, 0.1) is 0 Å². The smallest absolute Gasteiger partial charge is 0.408 e. The maximum Gasteiger partial charge on any atom is 0.408 e. The summed E-state index contributed by atoms with van der Waals surface area (Å²) in [5.41, 5.74) is -1.58. The quantitative estimate of drug-likeness (QED) is 0.600. The van der Waals surface area contributed by atoms with Crippen molar-refractivity contribution in [3.8, 4) is 0 Å². The van der Waals surface area contributed by atoms with Crippen molar-refractivity contribution in [2.75, 3.05) is 11.9 Å². The monoisotopic (exact) mass is 454 g/mol. The number of ether oxygens (including phenoxy) is 1. The number of hydrogen-bond acceptors (Lipinski definition) is 10. The van der Waals surface area contributed by atoms with Gasteiger partial charge >= 0.3 is 12.3 Å². The number of carbonyl (C=O) groups excluding carboxylic acids is 1. The molecule has 0 aliphatic heterocycles. The second-order valence-electron chi connectivity index (χ2n) is 7.39. The van der Waals surface area contributed by atoms with E-state index < -0.39 is 30.0 Å². The Balaban J connectivity index is 1.90. The highest BCUT2D eigenvalue weighted by atomic mass is 32.2. The molecule has 9 nitrogen and oxygen atoms in total. The van der Waals surface area contributed by atoms with Crippen molar-refractivity contribution < 1.29 is 27.2 Å². The Morgan fingerprint density at radius 3 is 2.52 bits per heavy atom. The number of nitrogens with zero attached hydrogens (tertiary/aromatic N) is 4. The summed E-state index contributed by atoms with van der Waals surface area (Å²) >= 11 is 2.17. The molecule has 0 saturated heterocycles. The molecule has 1 amide bonds. The first-order valence-corrected chi connectivity index (χ1v) is 10.1. The number of nitrogens with one attached hydrogen (secondary N) is 2. The summed E-state index contributed by atoms with van der Waals surface area (Å²) < 4.78 is 47.4. The van der Waals surface area contributed by atoms with Crippen LogP contribution >= 0.6 is 23.1 Å². The molecule has 14 heteroatoms. The second kappa shape index (κ2) is 8.73. The largest absolute Gasteiger partial charge is 0.444 e. The van der Waals surface area contributed by atoms with Crippen LogP contribution in [0.15, 0.2) is 8.86 Å². The molecular weight excluding hydrogens is 433 g/mol. The zero-order valence-electron chi connectivity index (χ0n) is 16.4. The van der Waals surface area contributed by atoms with Gasteiger partial charge in [0.25, 0.3) is 0 Å². The molecule has 0 aliphatic carbocycles. The summed E-state index contributed by atoms with van der Waals surface area (Å²) in [6.07, 6.45) is -4.95. The van der Waals surface area contributed by atoms with Crippen LogP contribution in [0.1, 0.15) is 46.3 Å². The third-order valence-electron chi connectivity index (χ3n) is 3.01. The van der Waals surface area contributed by atoms with E-state index in [9.17, 15) is 18.0 Å². The molecule has 0 saturated carbocycles. The van der Waals surface area contributed by atoms with Gasteiger partial charge in [-0.15, -0.1) is 10.2 Å². The Hall–Kier alpha value is -2.09. The molecule has 0 aromatic carbocycles. The topological polar surface area (TPSA) is 115 Å². The van der Waals surface area contributed by atoms with Gasteiger partial charge in [0.1, 0.15) is 17.7 Å². The van der Waals surface area contributed by atoms with Gasteiger partial charge in [0, 0.05) is 0 Å². The summed E-state index contributed by atoms with van der Waals surface area (Å²) in [7, 11) is 0. The van der Waals surface area contributed by atoms with E-state index in [2.05, 4.69) is 31.0 Å². The Morgan fingerprint density at radius 1 is 1.21 bits per heavy atom. The van der Waals surface area contributed by atoms with Crippen molar-refractivity contribution in [3.63, 3.8) is 0 Å². The molecule has 0 unspecified atom stereocenters. The van der Waals surface area contributed by atoms with Crippen LogP contribution in [0.4, 0.5) is 23.1 Å². The Kier molecular flexibility index (Phi) is 6.98. The van der Waals surface area contributed by atoms with Gasteiger partial charge in [0.05, 0.1) is 5.75 Å². The summed E-state index contributed by atoms with van der Waals surface area (Å²) in [5.74, 6) is 0.761. The maximum absolute atomic E-state index is 12.2. The first-order valence-electron chi connectivity index (χ1n) is 8.35. The highest BCUT2D eigenvalue weighted by molar-refractivity contribution is 8.00. The minimum Gasteiger partial charge on any atom is -0.444 e. The zero-order chi connectivity index (χ0) is 21.9. The van der Waals surface area contributed by atoms with E-state index in [0.717, 1.165) is 11.3 Å². The highest BCUT2D eigenvalue weighted by Gasteiger charge is 2.31. The second-order valence-corrected chi connectivity index (χ2v) is 9.59. The summed E-state index contributed by atoms with van der Waals surface area (Å²) in [6, 6.07) is 0. The molecule has 2 rings (SSSR count). The van der Waals surface area contributed by atoms with Crippen molar-refractivity contribution in [1.29, 1.82) is 0 Å². The number of carbonyl (C=O) groups is 1. The van der Waals surface area contributed by atoms with E-state index in [4.69, 9.17) is 9.26 Å². The fourth-order valence-corrected chi connectivity index (χ4v) is 3.41. The Bertz CT molecular complexity index is 832. The molecule has 0 fully saturated rings. The van der Waals surface area contributed by atoms with Crippen LogP contribution < -0.4 is 10.6 Å². The molecule has 0 radical (unpaired) electrons. The number of aromatic nitrogens is 4. The number of alkyl carbamates (subject to hydrolysis) is 1. The van der Waals surface area contributed by atoms with E-state index in [1.165, 1.54) is 11.8 Å². The lowest BCUT2D eigenvalue weighted by Gasteiger charge is -2.26. The minimum absolute atomic E-state index is 0.0683. The van der Waals surface area contributed by atoms with Crippen molar-refractivity contribution in [2.24, 2.45) is 0 Å². The lowest BCUT2D eigenvalue weighted by atomic mass is 10.1. The van der Waals surface area contributed by atoms with Crippen LogP contribution in [-0.4, -0.2) is 44.8 Å². The lowest BCUT2D eigenvalue weighted by Crippen LogP contribution is -2.44. The number of rotatable bonds is 7. The third-order valence-corrected chi connectivity index (χ3v) is 5.01. The fourth-order valence-electron chi connectivity index (χ4n) is 1.82. The predicted octanol–water partition coefficient (Wildman–Crippen LogP) is 3.95. The highest BCUT2D eigenvalue weighted by Crippen LogP contribution is 2.29. The number of thioether (sulfide) groups is 1. The van der Waals surface area contributed by atoms with Crippen LogP contribution in [0.25, 0.3) is 0 Å². The number of hydrogen-bond donors (Lipinski definition) is 2. The van der Waals surface area contributed by atoms with Gasteiger partial charge in [-0.2, -0.15) is 18.2 Å². The van der Waals surface area contributed by atoms with E-state index >= 15 is 0 Å². The fraction of sp³-hybridized carbons (Fsp3) is 0.667.